The molecule has 0 bridgehead atoms. The van der Waals surface area contributed by atoms with Gasteiger partial charge in [-0.3, -0.25) is 0 Å². The summed E-state index contributed by atoms with van der Waals surface area (Å²) in [4.78, 5) is 2.53. The molecular weight excluding hydrogens is 835 g/mol. The molecule has 0 atom stereocenters. The fourth-order valence-electron chi connectivity index (χ4n) is 11.9. The minimum atomic E-state index is -0.487. The Labute approximate surface area is 401 Å². The lowest BCUT2D eigenvalue weighted by atomic mass is 9.70. The Balaban J connectivity index is 1.04. The Morgan fingerprint density at radius 2 is 0.754 bits per heavy atom. The Morgan fingerprint density at radius 3 is 1.49 bits per heavy atom. The Morgan fingerprint density at radius 1 is 0.275 bits per heavy atom. The largest absolute Gasteiger partial charge is 0.456 e. The maximum Gasteiger partial charge on any atom is 0.135 e. The van der Waals surface area contributed by atoms with Gasteiger partial charge in [0.05, 0.1) is 16.8 Å². The molecule has 2 aliphatic carbocycles. The zero-order valence-electron chi connectivity index (χ0n) is 37.7. The minimum Gasteiger partial charge on any atom is -0.456 e. The van der Waals surface area contributed by atoms with Crippen molar-refractivity contribution < 1.29 is 4.42 Å². The molecule has 69 heavy (non-hydrogen) atoms. The summed E-state index contributed by atoms with van der Waals surface area (Å²) in [5, 5.41) is 2.24. The van der Waals surface area contributed by atoms with Gasteiger partial charge in [0.15, 0.2) is 0 Å². The number of para-hydroxylation sites is 2. The number of hydrogen-bond donors (Lipinski definition) is 0. The van der Waals surface area contributed by atoms with E-state index in [0.717, 1.165) is 61.3 Å². The molecule has 0 unspecified atom stereocenters. The summed E-state index contributed by atoms with van der Waals surface area (Å²) >= 11 is 0. The molecule has 1 heterocycles. The van der Waals surface area contributed by atoms with Crippen molar-refractivity contribution in [2.24, 2.45) is 0 Å². The van der Waals surface area contributed by atoms with Gasteiger partial charge in [0.1, 0.15) is 11.2 Å². The summed E-state index contributed by atoms with van der Waals surface area (Å²) in [5.74, 6) is 0. The number of rotatable bonds is 7. The first kappa shape index (κ1) is 39.2. The summed E-state index contributed by atoms with van der Waals surface area (Å²) in [6.07, 6.45) is 0. The van der Waals surface area contributed by atoms with Gasteiger partial charge in [-0.05, 0) is 120 Å². The second-order valence-corrected chi connectivity index (χ2v) is 18.3. The molecule has 11 aromatic carbocycles. The maximum atomic E-state index is 6.30. The quantitative estimate of drug-likeness (QED) is 0.159. The van der Waals surface area contributed by atoms with Crippen LogP contribution in [0.25, 0.3) is 88.7 Å². The first-order valence-electron chi connectivity index (χ1n) is 23.8. The third kappa shape index (κ3) is 5.86. The second-order valence-electron chi connectivity index (χ2n) is 18.3. The molecule has 1 spiro atoms. The number of nitrogens with zero attached hydrogens (tertiary/aromatic N) is 1. The van der Waals surface area contributed by atoms with E-state index in [2.05, 4.69) is 254 Å². The van der Waals surface area contributed by atoms with E-state index in [1.165, 1.54) is 66.8 Å². The van der Waals surface area contributed by atoms with Crippen LogP contribution in [0.3, 0.4) is 0 Å². The summed E-state index contributed by atoms with van der Waals surface area (Å²) in [6, 6.07) is 95.7. The van der Waals surface area contributed by atoms with Crippen LogP contribution in [-0.2, 0) is 5.41 Å². The van der Waals surface area contributed by atoms with Gasteiger partial charge in [0.2, 0.25) is 0 Å². The van der Waals surface area contributed by atoms with E-state index in [0.29, 0.717) is 0 Å². The van der Waals surface area contributed by atoms with E-state index < -0.39 is 5.41 Å². The molecule has 2 aliphatic rings. The molecule has 322 valence electrons. The Kier molecular flexibility index (Phi) is 8.84. The smallest absolute Gasteiger partial charge is 0.135 e. The molecule has 0 N–H and O–H groups in total. The molecule has 0 fully saturated rings. The molecule has 2 heteroatoms. The molecule has 0 radical (unpaired) electrons. The highest BCUT2D eigenvalue weighted by Gasteiger charge is 2.52. The van der Waals surface area contributed by atoms with E-state index in [1.807, 2.05) is 12.1 Å². The summed E-state index contributed by atoms with van der Waals surface area (Å²) < 4.78 is 6.30. The van der Waals surface area contributed by atoms with Gasteiger partial charge < -0.3 is 9.32 Å². The van der Waals surface area contributed by atoms with E-state index in [4.69, 9.17) is 4.42 Å². The van der Waals surface area contributed by atoms with Crippen LogP contribution >= 0.6 is 0 Å². The van der Waals surface area contributed by atoms with E-state index in [-0.39, 0.29) is 0 Å². The predicted molar refractivity (Wildman–Crippen MR) is 286 cm³/mol. The van der Waals surface area contributed by atoms with E-state index in [1.54, 1.807) is 0 Å². The second kappa shape index (κ2) is 15.6. The molecule has 0 saturated heterocycles. The average Bonchev–Trinajstić information content (AvgIpc) is 4.06. The van der Waals surface area contributed by atoms with E-state index >= 15 is 0 Å². The van der Waals surface area contributed by atoms with Crippen molar-refractivity contribution in [3.05, 3.63) is 283 Å². The standard InChI is InChI=1S/C67H43NO/c1-2-20-44(21-3-1)48-24-4-5-25-49(48)50-26-6-7-27-51(50)54-30-11-16-37-62(54)68(47-23-18-22-45(42-47)46-40-41-65-57(43-46)55-31-12-17-39-64(55)69-65)63-38-19-36-61-66(63)56-32-10-15-35-60(56)67(61)58-33-13-8-28-52(58)53-29-9-14-34-59(53)67/h1-43H. The lowest BCUT2D eigenvalue weighted by Gasteiger charge is -2.32. The minimum absolute atomic E-state index is 0.487. The lowest BCUT2D eigenvalue weighted by molar-refractivity contribution is 0.669. The van der Waals surface area contributed by atoms with Crippen LogP contribution in [0.2, 0.25) is 0 Å². The highest BCUT2D eigenvalue weighted by atomic mass is 16.3. The van der Waals surface area contributed by atoms with Gasteiger partial charge in [0.25, 0.3) is 0 Å². The van der Waals surface area contributed by atoms with Crippen LogP contribution in [0.5, 0.6) is 0 Å². The molecule has 2 nitrogen and oxygen atoms in total. The normalized spacial score (nSPS) is 12.8. The predicted octanol–water partition coefficient (Wildman–Crippen LogP) is 18.1. The summed E-state index contributed by atoms with van der Waals surface area (Å²) in [7, 11) is 0. The Hall–Kier alpha value is -8.98. The van der Waals surface area contributed by atoms with Gasteiger partial charge in [0, 0.05) is 27.6 Å². The SMILES string of the molecule is c1ccc(-c2ccccc2-c2ccccc2-c2ccccc2N(c2cccc(-c3ccc4oc5ccccc5c4c3)c2)c2cccc3c2-c2ccccc2C32c3ccccc3-c3ccccc32)cc1. The molecule has 1 aromatic heterocycles. The van der Waals surface area contributed by atoms with Crippen LogP contribution in [0, 0.1) is 0 Å². The monoisotopic (exact) mass is 877 g/mol. The first-order valence-corrected chi connectivity index (χ1v) is 23.8. The molecular formula is C67H43NO. The zero-order chi connectivity index (χ0) is 45.5. The van der Waals surface area contributed by atoms with Gasteiger partial charge in [-0.15, -0.1) is 0 Å². The van der Waals surface area contributed by atoms with Crippen molar-refractivity contribution >= 4 is 39.0 Å². The number of furan rings is 1. The van der Waals surface area contributed by atoms with Gasteiger partial charge in [-0.25, -0.2) is 0 Å². The van der Waals surface area contributed by atoms with E-state index in [9.17, 15) is 0 Å². The van der Waals surface area contributed by atoms with Crippen molar-refractivity contribution in [2.75, 3.05) is 4.90 Å². The van der Waals surface area contributed by atoms with Crippen molar-refractivity contribution in [3.8, 4) is 66.8 Å². The van der Waals surface area contributed by atoms with Crippen molar-refractivity contribution in [1.82, 2.24) is 0 Å². The maximum absolute atomic E-state index is 6.30. The highest BCUT2D eigenvalue weighted by Crippen LogP contribution is 2.65. The number of anilines is 3. The van der Waals surface area contributed by atoms with Crippen LogP contribution < -0.4 is 4.90 Å². The first-order chi connectivity index (χ1) is 34.3. The third-order valence-electron chi connectivity index (χ3n) is 14.7. The van der Waals surface area contributed by atoms with Crippen LogP contribution in [-0.4, -0.2) is 0 Å². The van der Waals surface area contributed by atoms with Gasteiger partial charge in [-0.2, -0.15) is 0 Å². The van der Waals surface area contributed by atoms with Crippen LogP contribution in [0.1, 0.15) is 22.3 Å². The number of hydrogen-bond acceptors (Lipinski definition) is 2. The van der Waals surface area contributed by atoms with Gasteiger partial charge >= 0.3 is 0 Å². The number of fused-ring (bicyclic) bond motifs is 13. The summed E-state index contributed by atoms with van der Waals surface area (Å²) in [6.45, 7) is 0. The average molecular weight is 878 g/mol. The van der Waals surface area contributed by atoms with Gasteiger partial charge in [-0.1, -0.05) is 218 Å². The molecule has 14 rings (SSSR count). The van der Waals surface area contributed by atoms with Crippen molar-refractivity contribution in [2.45, 2.75) is 5.41 Å². The molecule has 0 aliphatic heterocycles. The molecule has 0 amide bonds. The summed E-state index contributed by atoms with van der Waals surface area (Å²) in [5.41, 5.74) is 24.3. The van der Waals surface area contributed by atoms with Crippen molar-refractivity contribution in [1.29, 1.82) is 0 Å². The van der Waals surface area contributed by atoms with Crippen molar-refractivity contribution in [3.63, 3.8) is 0 Å². The third-order valence-corrected chi connectivity index (χ3v) is 14.7. The fourth-order valence-corrected chi connectivity index (χ4v) is 11.9. The van der Waals surface area contributed by atoms with Crippen LogP contribution in [0.4, 0.5) is 17.1 Å². The topological polar surface area (TPSA) is 16.4 Å². The van der Waals surface area contributed by atoms with Crippen LogP contribution in [0.15, 0.2) is 265 Å². The highest BCUT2D eigenvalue weighted by molar-refractivity contribution is 6.07. The number of benzene rings is 11. The molecule has 0 saturated carbocycles. The lowest BCUT2D eigenvalue weighted by Crippen LogP contribution is -2.26. The zero-order valence-corrected chi connectivity index (χ0v) is 37.7. The fraction of sp³-hybridized carbons (Fsp3) is 0.0149. The molecule has 12 aromatic rings. The Bertz CT molecular complexity index is 3940.